The molecule has 0 radical (unpaired) electrons. The second-order valence-electron chi connectivity index (χ2n) is 5.07. The molecule has 6 heteroatoms. The number of thiophene rings is 1. The summed E-state index contributed by atoms with van der Waals surface area (Å²) in [6.45, 7) is 3.63. The second-order valence-corrected chi connectivity index (χ2v) is 7.27. The zero-order chi connectivity index (χ0) is 16.8. The molecule has 1 amide bonds. The minimum Gasteiger partial charge on any atom is -0.451 e. The molecule has 0 saturated carbocycles. The number of halogens is 1. The standard InChI is InChI=1S/C17H18BrNO3S/c1-3-14(12-5-7-13(18)8-6-12)19-16(20)10-22-17(21)15-9-4-11(2)23-15/h4-9,14H,3,10H2,1-2H3,(H,19,20)/t14-/m1/s1. The summed E-state index contributed by atoms with van der Waals surface area (Å²) < 4.78 is 6.04. The Hall–Kier alpha value is -1.66. The fraction of sp³-hybridized carbons (Fsp3) is 0.294. The number of nitrogens with one attached hydrogen (secondary N) is 1. The number of ether oxygens (including phenoxy) is 1. The van der Waals surface area contributed by atoms with E-state index in [1.807, 2.05) is 44.2 Å². The molecule has 0 bridgehead atoms. The number of carbonyl (C=O) groups excluding carboxylic acids is 2. The van der Waals surface area contributed by atoms with E-state index in [1.165, 1.54) is 11.3 Å². The summed E-state index contributed by atoms with van der Waals surface area (Å²) in [6.07, 6.45) is 0.755. The number of carbonyl (C=O) groups is 2. The molecule has 0 saturated heterocycles. The summed E-state index contributed by atoms with van der Waals surface area (Å²) in [7, 11) is 0. The third-order valence-electron chi connectivity index (χ3n) is 3.29. The highest BCUT2D eigenvalue weighted by atomic mass is 79.9. The first-order valence-corrected chi connectivity index (χ1v) is 8.89. The van der Waals surface area contributed by atoms with Crippen molar-refractivity contribution in [1.82, 2.24) is 5.32 Å². The van der Waals surface area contributed by atoms with Crippen LogP contribution in [0.2, 0.25) is 0 Å². The Bertz CT molecular complexity index is 681. The van der Waals surface area contributed by atoms with Gasteiger partial charge in [0.1, 0.15) is 4.88 Å². The van der Waals surface area contributed by atoms with Gasteiger partial charge in [0.15, 0.2) is 6.61 Å². The Morgan fingerprint density at radius 2 is 1.91 bits per heavy atom. The maximum Gasteiger partial charge on any atom is 0.348 e. The Morgan fingerprint density at radius 1 is 1.22 bits per heavy atom. The number of hydrogen-bond acceptors (Lipinski definition) is 4. The first-order valence-electron chi connectivity index (χ1n) is 7.28. The van der Waals surface area contributed by atoms with Crippen molar-refractivity contribution < 1.29 is 14.3 Å². The van der Waals surface area contributed by atoms with E-state index >= 15 is 0 Å². The first kappa shape index (κ1) is 17.7. The SMILES string of the molecule is CC[C@@H](NC(=O)COC(=O)c1ccc(C)s1)c1ccc(Br)cc1. The van der Waals surface area contributed by atoms with E-state index in [0.29, 0.717) is 4.88 Å². The number of hydrogen-bond donors (Lipinski definition) is 1. The van der Waals surface area contributed by atoms with Crippen LogP contribution in [0.3, 0.4) is 0 Å². The third-order valence-corrected chi connectivity index (χ3v) is 4.80. The lowest BCUT2D eigenvalue weighted by Crippen LogP contribution is -2.32. The van der Waals surface area contributed by atoms with Crippen LogP contribution < -0.4 is 5.32 Å². The van der Waals surface area contributed by atoms with Gasteiger partial charge in [-0.25, -0.2) is 4.79 Å². The maximum absolute atomic E-state index is 12.0. The first-order chi connectivity index (χ1) is 11.0. The van der Waals surface area contributed by atoms with E-state index in [0.717, 1.165) is 21.3 Å². The largest absolute Gasteiger partial charge is 0.451 e. The highest BCUT2D eigenvalue weighted by Gasteiger charge is 2.15. The van der Waals surface area contributed by atoms with Crippen LogP contribution in [0.15, 0.2) is 40.9 Å². The van der Waals surface area contributed by atoms with Crippen LogP contribution in [0.25, 0.3) is 0 Å². The Morgan fingerprint density at radius 3 is 2.48 bits per heavy atom. The van der Waals surface area contributed by atoms with Gasteiger partial charge in [-0.2, -0.15) is 0 Å². The van der Waals surface area contributed by atoms with Gasteiger partial charge < -0.3 is 10.1 Å². The summed E-state index contributed by atoms with van der Waals surface area (Å²) >= 11 is 4.74. The van der Waals surface area contributed by atoms with Crippen LogP contribution in [0, 0.1) is 6.92 Å². The number of aryl methyl sites for hydroxylation is 1. The van der Waals surface area contributed by atoms with Gasteiger partial charge in [0.05, 0.1) is 6.04 Å². The molecule has 2 rings (SSSR count). The molecule has 23 heavy (non-hydrogen) atoms. The molecule has 0 aliphatic carbocycles. The molecule has 0 unspecified atom stereocenters. The molecule has 0 aliphatic heterocycles. The predicted molar refractivity (Wildman–Crippen MR) is 94.7 cm³/mol. The molecule has 122 valence electrons. The molecule has 1 heterocycles. The number of esters is 1. The molecule has 0 spiro atoms. The van der Waals surface area contributed by atoms with Gasteiger partial charge in [-0.3, -0.25) is 4.79 Å². The van der Waals surface area contributed by atoms with E-state index in [-0.39, 0.29) is 18.6 Å². The quantitative estimate of drug-likeness (QED) is 0.743. The zero-order valence-corrected chi connectivity index (χ0v) is 15.4. The monoisotopic (exact) mass is 395 g/mol. The third kappa shape index (κ3) is 5.18. The van der Waals surface area contributed by atoms with Gasteiger partial charge in [0.25, 0.3) is 5.91 Å². The van der Waals surface area contributed by atoms with E-state index in [4.69, 9.17) is 4.74 Å². The van der Waals surface area contributed by atoms with Gasteiger partial charge in [0.2, 0.25) is 0 Å². The highest BCUT2D eigenvalue weighted by molar-refractivity contribution is 9.10. The van der Waals surface area contributed by atoms with Crippen LogP contribution in [-0.2, 0) is 9.53 Å². The molecule has 0 aliphatic rings. The van der Waals surface area contributed by atoms with Crippen LogP contribution >= 0.6 is 27.3 Å². The summed E-state index contributed by atoms with van der Waals surface area (Å²) in [5.41, 5.74) is 1.02. The van der Waals surface area contributed by atoms with Crippen molar-refractivity contribution in [2.45, 2.75) is 26.3 Å². The van der Waals surface area contributed by atoms with Crippen LogP contribution in [0.4, 0.5) is 0 Å². The molecule has 4 nitrogen and oxygen atoms in total. The Labute approximate surface area is 148 Å². The topological polar surface area (TPSA) is 55.4 Å². The fourth-order valence-electron chi connectivity index (χ4n) is 2.10. The van der Waals surface area contributed by atoms with Crippen LogP contribution in [0.1, 0.15) is 39.5 Å². The van der Waals surface area contributed by atoms with E-state index in [1.54, 1.807) is 6.07 Å². The minimum atomic E-state index is -0.463. The van der Waals surface area contributed by atoms with E-state index in [9.17, 15) is 9.59 Å². The van der Waals surface area contributed by atoms with Crippen LogP contribution in [0.5, 0.6) is 0 Å². The molecule has 1 aromatic heterocycles. The number of rotatable bonds is 6. The van der Waals surface area contributed by atoms with E-state index < -0.39 is 5.97 Å². The van der Waals surface area contributed by atoms with Crippen molar-refractivity contribution in [3.63, 3.8) is 0 Å². The van der Waals surface area contributed by atoms with Crippen molar-refractivity contribution in [2.75, 3.05) is 6.61 Å². The second kappa shape index (κ2) is 8.26. The van der Waals surface area contributed by atoms with Gasteiger partial charge >= 0.3 is 5.97 Å². The summed E-state index contributed by atoms with van der Waals surface area (Å²) in [5, 5.41) is 2.89. The van der Waals surface area contributed by atoms with Crippen molar-refractivity contribution in [2.24, 2.45) is 0 Å². The lowest BCUT2D eigenvalue weighted by Gasteiger charge is -2.17. The summed E-state index contributed by atoms with van der Waals surface area (Å²) in [5.74, 6) is -0.767. The average molecular weight is 396 g/mol. The number of benzene rings is 1. The summed E-state index contributed by atoms with van der Waals surface area (Å²) in [4.78, 5) is 25.4. The molecule has 1 aromatic carbocycles. The molecular formula is C17H18BrNO3S. The molecule has 1 N–H and O–H groups in total. The van der Waals surface area contributed by atoms with Crippen molar-refractivity contribution in [1.29, 1.82) is 0 Å². The van der Waals surface area contributed by atoms with Gasteiger partial charge in [-0.1, -0.05) is 35.0 Å². The van der Waals surface area contributed by atoms with Crippen LogP contribution in [-0.4, -0.2) is 18.5 Å². The fourth-order valence-corrected chi connectivity index (χ4v) is 3.12. The molecule has 1 atom stereocenters. The highest BCUT2D eigenvalue weighted by Crippen LogP contribution is 2.19. The van der Waals surface area contributed by atoms with Crippen molar-refractivity contribution in [3.8, 4) is 0 Å². The van der Waals surface area contributed by atoms with Gasteiger partial charge in [-0.05, 0) is 43.2 Å². The zero-order valence-electron chi connectivity index (χ0n) is 13.0. The Kier molecular flexibility index (Phi) is 6.36. The number of amides is 1. The normalized spacial score (nSPS) is 11.8. The van der Waals surface area contributed by atoms with Crippen molar-refractivity contribution >= 4 is 39.1 Å². The molecule has 2 aromatic rings. The van der Waals surface area contributed by atoms with Gasteiger partial charge in [0, 0.05) is 9.35 Å². The minimum absolute atomic E-state index is 0.0988. The predicted octanol–water partition coefficient (Wildman–Crippen LogP) is 4.24. The molecule has 0 fully saturated rings. The lowest BCUT2D eigenvalue weighted by atomic mass is 10.0. The maximum atomic E-state index is 12.0. The summed E-state index contributed by atoms with van der Waals surface area (Å²) in [6, 6.07) is 11.2. The van der Waals surface area contributed by atoms with E-state index in [2.05, 4.69) is 21.2 Å². The average Bonchev–Trinajstić information content (AvgIpc) is 2.98. The Balaban J connectivity index is 1.87. The van der Waals surface area contributed by atoms with Gasteiger partial charge in [-0.15, -0.1) is 11.3 Å². The van der Waals surface area contributed by atoms with Crippen molar-refractivity contribution in [3.05, 3.63) is 56.2 Å². The molecular weight excluding hydrogens is 378 g/mol. The lowest BCUT2D eigenvalue weighted by molar-refractivity contribution is -0.125. The smallest absolute Gasteiger partial charge is 0.348 e.